The highest BCUT2D eigenvalue weighted by molar-refractivity contribution is 6.24. The fourth-order valence-corrected chi connectivity index (χ4v) is 8.49. The number of aliphatic hydroxyl groups is 3. The van der Waals surface area contributed by atoms with E-state index in [0.717, 1.165) is 7.11 Å². The van der Waals surface area contributed by atoms with Crippen LogP contribution in [0.1, 0.15) is 73.7 Å². The maximum atomic E-state index is 15.0. The fraction of sp³-hybridized carbons (Fsp3) is 0.425. The van der Waals surface area contributed by atoms with E-state index in [1.807, 2.05) is 0 Å². The average molecular weight is 778 g/mol. The lowest BCUT2D eigenvalue weighted by Gasteiger charge is -2.53. The van der Waals surface area contributed by atoms with Gasteiger partial charge in [-0.15, -0.1) is 0 Å². The molecule has 1 amide bonds. The second-order valence-corrected chi connectivity index (χ2v) is 14.4. The van der Waals surface area contributed by atoms with Gasteiger partial charge in [-0.25, -0.2) is 9.59 Å². The van der Waals surface area contributed by atoms with Crippen molar-refractivity contribution in [1.29, 1.82) is 0 Å². The van der Waals surface area contributed by atoms with Crippen LogP contribution in [0.3, 0.4) is 0 Å². The second kappa shape index (κ2) is 14.5. The number of carbonyl (C=O) groups is 5. The number of Topliss-reactive ketones (excluding diaryl/α,β-unsaturated/α-hetero) is 2. The number of ether oxygens (including phenoxy) is 5. The van der Waals surface area contributed by atoms with Gasteiger partial charge < -0.3 is 55.0 Å². The van der Waals surface area contributed by atoms with E-state index in [2.05, 4.69) is 0 Å². The van der Waals surface area contributed by atoms with Crippen LogP contribution in [-0.2, 0) is 48.5 Å². The Kier molecular flexibility index (Phi) is 10.4. The Morgan fingerprint density at radius 3 is 2.25 bits per heavy atom. The highest BCUT2D eigenvalue weighted by Gasteiger charge is 2.68. The molecule has 1 heterocycles. The van der Waals surface area contributed by atoms with Crippen molar-refractivity contribution in [3.8, 4) is 11.5 Å². The monoisotopic (exact) mass is 777 g/mol. The number of allylic oxidation sites excluding steroid dienone is 1. The van der Waals surface area contributed by atoms with Gasteiger partial charge in [0.15, 0.2) is 17.8 Å². The van der Waals surface area contributed by atoms with Gasteiger partial charge >= 0.3 is 11.9 Å². The van der Waals surface area contributed by atoms with Gasteiger partial charge in [-0.3, -0.25) is 14.4 Å². The van der Waals surface area contributed by atoms with E-state index in [1.54, 1.807) is 33.8 Å². The molecule has 0 bridgehead atoms. The van der Waals surface area contributed by atoms with Crippen LogP contribution in [0.25, 0.3) is 5.76 Å². The first-order valence-corrected chi connectivity index (χ1v) is 17.8. The molecule has 1 aliphatic heterocycles. The van der Waals surface area contributed by atoms with Gasteiger partial charge in [0.25, 0.3) is 5.91 Å². The normalized spacial score (nSPS) is 31.6. The summed E-state index contributed by atoms with van der Waals surface area (Å²) in [5.41, 5.74) is -0.104. The number of amides is 1. The molecule has 2 aromatic carbocycles. The number of hydrogen-bond donors (Lipinski definition) is 6. The number of hydrogen-bond acceptors (Lipinski definition) is 15. The van der Waals surface area contributed by atoms with E-state index in [0.29, 0.717) is 5.57 Å². The SMILES string of the molecule is CC=C(C)C(=O)O[C@H]1[C@H](O)C[C@H](c2ccc3c(c2O)C(O)=C2C(=O)[C@@]4(OC)C(O)=C(C(N)=O)C(=O)[C@H](OC(=O)c5ccccc5O)[C@H]4C[C@H]2[C@@]3(C)OC)O[C@@H]1C. The Morgan fingerprint density at radius 1 is 0.982 bits per heavy atom. The number of methoxy groups -OCH3 is 2. The quantitative estimate of drug-likeness (QED) is 0.128. The van der Waals surface area contributed by atoms with Gasteiger partial charge in [-0.1, -0.05) is 30.3 Å². The van der Waals surface area contributed by atoms with Gasteiger partial charge in [0.05, 0.1) is 29.5 Å². The van der Waals surface area contributed by atoms with Crippen molar-refractivity contribution < 1.29 is 73.2 Å². The molecule has 0 unspecified atom stereocenters. The summed E-state index contributed by atoms with van der Waals surface area (Å²) in [6.07, 6.45) is -4.99. The Hall–Kier alpha value is -5.55. The Balaban J connectivity index is 1.47. The molecule has 0 spiro atoms. The standard InChI is InChI=1S/C40H43NO15/c1-7-16(2)37(50)55-32-17(3)54-25(15-24(32)43)19-12-13-20-26(29(19)44)30(45)27-21(39(20,4)52-5)14-22-33(56-38(51)18-10-8-9-11-23(18)42)31(46)28(36(41)49)35(48)40(22,53-6)34(27)47/h7-13,17,21-22,24-25,32-33,42-45,48H,14-15H2,1-6H3,(H2,41,49)/t17-,21-,22-,24-,25-,32-,33-,39+,40-/m1/s1. The number of nitrogens with two attached hydrogens (primary N) is 1. The van der Waals surface area contributed by atoms with Gasteiger partial charge in [0, 0.05) is 49.2 Å². The Bertz CT molecular complexity index is 2120. The van der Waals surface area contributed by atoms with E-state index in [4.69, 9.17) is 29.4 Å². The predicted molar refractivity (Wildman–Crippen MR) is 193 cm³/mol. The summed E-state index contributed by atoms with van der Waals surface area (Å²) >= 11 is 0. The number of esters is 2. The average Bonchev–Trinajstić information content (AvgIpc) is 3.16. The summed E-state index contributed by atoms with van der Waals surface area (Å²) in [4.78, 5) is 67.4. The third-order valence-electron chi connectivity index (χ3n) is 11.7. The van der Waals surface area contributed by atoms with Gasteiger partial charge in [0.1, 0.15) is 34.2 Å². The van der Waals surface area contributed by atoms with E-state index < -0.39 is 117 Å². The van der Waals surface area contributed by atoms with Crippen LogP contribution in [0.2, 0.25) is 0 Å². The molecule has 9 atom stereocenters. The largest absolute Gasteiger partial charge is 0.508 e. The summed E-state index contributed by atoms with van der Waals surface area (Å²) in [6, 6.07) is 8.34. The molecule has 2 aromatic rings. The topological polar surface area (TPSA) is 259 Å². The summed E-state index contributed by atoms with van der Waals surface area (Å²) in [6.45, 7) is 6.39. The number of carbonyl (C=O) groups excluding carboxylic acids is 5. The van der Waals surface area contributed by atoms with Gasteiger partial charge in [0.2, 0.25) is 11.6 Å². The first-order valence-electron chi connectivity index (χ1n) is 17.8. The zero-order valence-electron chi connectivity index (χ0n) is 31.4. The minimum absolute atomic E-state index is 0.105. The molecule has 56 heavy (non-hydrogen) atoms. The highest BCUT2D eigenvalue weighted by atomic mass is 16.6. The maximum Gasteiger partial charge on any atom is 0.342 e. The number of phenolic OH excluding ortho intramolecular Hbond substituents is 2. The smallest absolute Gasteiger partial charge is 0.342 e. The molecule has 16 nitrogen and oxygen atoms in total. The highest BCUT2D eigenvalue weighted by Crippen LogP contribution is 2.60. The maximum absolute atomic E-state index is 15.0. The van der Waals surface area contributed by atoms with Crippen molar-refractivity contribution in [2.75, 3.05) is 14.2 Å². The van der Waals surface area contributed by atoms with Crippen LogP contribution in [0.15, 0.2) is 65.0 Å². The number of primary amides is 1. The number of aliphatic hydroxyl groups excluding tert-OH is 3. The molecule has 3 aliphatic carbocycles. The molecule has 7 N–H and O–H groups in total. The van der Waals surface area contributed by atoms with Gasteiger partial charge in [-0.2, -0.15) is 0 Å². The first kappa shape index (κ1) is 40.1. The minimum Gasteiger partial charge on any atom is -0.508 e. The first-order chi connectivity index (χ1) is 26.4. The van der Waals surface area contributed by atoms with E-state index in [1.165, 1.54) is 43.5 Å². The molecule has 0 radical (unpaired) electrons. The molecule has 16 heteroatoms. The van der Waals surface area contributed by atoms with Crippen molar-refractivity contribution in [1.82, 2.24) is 0 Å². The number of para-hydroxylation sites is 1. The second-order valence-electron chi connectivity index (χ2n) is 14.4. The lowest BCUT2D eigenvalue weighted by molar-refractivity contribution is -0.191. The number of rotatable bonds is 8. The molecular weight excluding hydrogens is 734 g/mol. The number of aromatic hydroxyl groups is 2. The number of benzene rings is 2. The molecule has 298 valence electrons. The zero-order chi connectivity index (χ0) is 41.2. The van der Waals surface area contributed by atoms with Crippen LogP contribution in [-0.4, -0.2) is 99.2 Å². The summed E-state index contributed by atoms with van der Waals surface area (Å²) < 4.78 is 29.0. The Morgan fingerprint density at radius 2 is 1.66 bits per heavy atom. The van der Waals surface area contributed by atoms with Crippen LogP contribution in [0, 0.1) is 11.8 Å². The third kappa shape index (κ3) is 5.86. The number of ketones is 2. The van der Waals surface area contributed by atoms with Crippen molar-refractivity contribution in [3.05, 3.63) is 87.2 Å². The van der Waals surface area contributed by atoms with Crippen molar-refractivity contribution in [2.45, 2.75) is 82.3 Å². The zero-order valence-corrected chi connectivity index (χ0v) is 31.4. The van der Waals surface area contributed by atoms with Crippen molar-refractivity contribution in [3.63, 3.8) is 0 Å². The molecular formula is C40H43NO15. The molecule has 0 aromatic heterocycles. The molecule has 1 saturated carbocycles. The van der Waals surface area contributed by atoms with Crippen molar-refractivity contribution in [2.24, 2.45) is 17.6 Å². The Labute approximate surface area is 320 Å². The van der Waals surface area contributed by atoms with E-state index >= 15 is 0 Å². The molecule has 1 saturated heterocycles. The minimum atomic E-state index is -2.63. The van der Waals surface area contributed by atoms with Crippen LogP contribution in [0.5, 0.6) is 11.5 Å². The molecule has 4 aliphatic rings. The van der Waals surface area contributed by atoms with E-state index in [-0.39, 0.29) is 35.1 Å². The summed E-state index contributed by atoms with van der Waals surface area (Å²) in [5, 5.41) is 56.9. The van der Waals surface area contributed by atoms with Crippen LogP contribution in [0.4, 0.5) is 0 Å². The fourth-order valence-electron chi connectivity index (χ4n) is 8.49. The van der Waals surface area contributed by atoms with Crippen molar-refractivity contribution >= 4 is 35.2 Å². The van der Waals surface area contributed by atoms with Crippen LogP contribution < -0.4 is 5.73 Å². The lowest BCUT2D eigenvalue weighted by atomic mass is 9.55. The third-order valence-corrected chi connectivity index (χ3v) is 11.7. The van der Waals surface area contributed by atoms with E-state index in [9.17, 15) is 49.5 Å². The number of phenols is 2. The summed E-state index contributed by atoms with van der Waals surface area (Å²) in [5.74, 6) is -11.3. The molecule has 6 rings (SSSR count). The molecule has 2 fully saturated rings. The van der Waals surface area contributed by atoms with Gasteiger partial charge in [-0.05, 0) is 51.8 Å². The number of fused-ring (bicyclic) bond motifs is 3. The summed E-state index contributed by atoms with van der Waals surface area (Å²) in [7, 11) is 2.33. The van der Waals surface area contributed by atoms with Crippen LogP contribution >= 0.6 is 0 Å². The predicted octanol–water partition coefficient (Wildman–Crippen LogP) is 3.03. The lowest BCUT2D eigenvalue weighted by Crippen LogP contribution is -2.66.